The molecule has 0 bridgehead atoms. The van der Waals surface area contributed by atoms with E-state index in [1.54, 1.807) is 24.3 Å². The highest BCUT2D eigenvalue weighted by molar-refractivity contribution is 5.92. The number of hydrogen-bond donors (Lipinski definition) is 1. The van der Waals surface area contributed by atoms with Crippen molar-refractivity contribution in [2.45, 2.75) is 6.42 Å². The largest absolute Gasteiger partial charge is 0.465 e. The molecule has 2 aromatic carbocycles. The number of nitrogens with zero attached hydrogens (tertiary/aromatic N) is 2. The van der Waals surface area contributed by atoms with Crippen molar-refractivity contribution < 1.29 is 18.7 Å². The number of anilines is 1. The topological polar surface area (TPSA) is 43.8 Å². The summed E-state index contributed by atoms with van der Waals surface area (Å²) in [6.45, 7) is 2.13. The first-order valence-corrected chi connectivity index (χ1v) is 8.18. The predicted molar refractivity (Wildman–Crippen MR) is 92.8 cm³/mol. The van der Waals surface area contributed by atoms with Gasteiger partial charge in [0.2, 0.25) is 0 Å². The van der Waals surface area contributed by atoms with Crippen molar-refractivity contribution in [1.29, 1.82) is 0 Å². The van der Waals surface area contributed by atoms with Crippen molar-refractivity contribution >= 4 is 11.8 Å². The van der Waals surface area contributed by atoms with Gasteiger partial charge in [0.15, 0.2) is 0 Å². The minimum Gasteiger partial charge on any atom is -0.465 e. The van der Waals surface area contributed by atoms with E-state index in [2.05, 4.69) is 4.90 Å². The molecule has 132 valence electrons. The molecule has 2 aromatic rings. The third kappa shape index (κ3) is 3.96. The van der Waals surface area contributed by atoms with Gasteiger partial charge in [0.1, 0.15) is 11.6 Å². The maximum Gasteiger partial charge on any atom is 0.411 e. The third-order valence-electron chi connectivity index (χ3n) is 4.53. The summed E-state index contributed by atoms with van der Waals surface area (Å²) < 4.78 is 27.2. The molecule has 1 fully saturated rings. The Morgan fingerprint density at radius 1 is 1.24 bits per heavy atom. The van der Waals surface area contributed by atoms with Crippen LogP contribution in [0.1, 0.15) is 6.42 Å². The SMILES string of the molecule is CN1CC[C@@H](CN(C(=O)O)c2ccccc2-c2cc(F)cc(F)c2)C1. The molecular formula is C19H20F2N2O2. The van der Waals surface area contributed by atoms with Crippen LogP contribution in [-0.4, -0.2) is 42.8 Å². The minimum atomic E-state index is -1.07. The van der Waals surface area contributed by atoms with E-state index in [1.807, 2.05) is 7.05 Å². The summed E-state index contributed by atoms with van der Waals surface area (Å²) in [6, 6.07) is 10.0. The maximum absolute atomic E-state index is 13.6. The van der Waals surface area contributed by atoms with E-state index in [9.17, 15) is 18.7 Å². The van der Waals surface area contributed by atoms with Crippen molar-refractivity contribution in [1.82, 2.24) is 4.90 Å². The Hall–Kier alpha value is -2.47. The highest BCUT2D eigenvalue weighted by atomic mass is 19.1. The Morgan fingerprint density at radius 3 is 2.52 bits per heavy atom. The lowest BCUT2D eigenvalue weighted by Gasteiger charge is -2.25. The molecule has 0 aliphatic carbocycles. The molecule has 1 N–H and O–H groups in total. The lowest BCUT2D eigenvalue weighted by atomic mass is 10.0. The molecule has 0 spiro atoms. The van der Waals surface area contributed by atoms with Gasteiger partial charge in [-0.25, -0.2) is 13.6 Å². The Bertz CT molecular complexity index is 762. The van der Waals surface area contributed by atoms with Crippen LogP contribution in [-0.2, 0) is 0 Å². The van der Waals surface area contributed by atoms with Crippen LogP contribution in [0.3, 0.4) is 0 Å². The maximum atomic E-state index is 13.6. The lowest BCUT2D eigenvalue weighted by Crippen LogP contribution is -2.35. The molecule has 1 aliphatic rings. The number of carboxylic acid groups (broad SMARTS) is 1. The average Bonchev–Trinajstić information content (AvgIpc) is 2.97. The highest BCUT2D eigenvalue weighted by Crippen LogP contribution is 2.33. The second-order valence-electron chi connectivity index (χ2n) is 6.49. The fourth-order valence-corrected chi connectivity index (χ4v) is 3.38. The van der Waals surface area contributed by atoms with Gasteiger partial charge in [-0.3, -0.25) is 4.90 Å². The van der Waals surface area contributed by atoms with Crippen LogP contribution in [0.2, 0.25) is 0 Å². The van der Waals surface area contributed by atoms with Crippen molar-refractivity contribution in [3.63, 3.8) is 0 Å². The molecule has 0 aromatic heterocycles. The van der Waals surface area contributed by atoms with E-state index < -0.39 is 17.7 Å². The first-order valence-electron chi connectivity index (χ1n) is 8.18. The van der Waals surface area contributed by atoms with E-state index >= 15 is 0 Å². The molecule has 1 heterocycles. The van der Waals surface area contributed by atoms with Gasteiger partial charge in [0, 0.05) is 24.7 Å². The number of amides is 1. The normalized spacial score (nSPS) is 17.6. The van der Waals surface area contributed by atoms with Crippen LogP contribution in [0.4, 0.5) is 19.3 Å². The summed E-state index contributed by atoms with van der Waals surface area (Å²) in [5.41, 5.74) is 1.26. The second-order valence-corrected chi connectivity index (χ2v) is 6.49. The van der Waals surface area contributed by atoms with Gasteiger partial charge in [-0.15, -0.1) is 0 Å². The van der Waals surface area contributed by atoms with Gasteiger partial charge in [-0.05, 0) is 49.7 Å². The summed E-state index contributed by atoms with van der Waals surface area (Å²) in [7, 11) is 2.01. The van der Waals surface area contributed by atoms with Crippen LogP contribution >= 0.6 is 0 Å². The highest BCUT2D eigenvalue weighted by Gasteiger charge is 2.26. The minimum absolute atomic E-state index is 0.235. The van der Waals surface area contributed by atoms with Crippen LogP contribution in [0.5, 0.6) is 0 Å². The quantitative estimate of drug-likeness (QED) is 0.908. The number of carbonyl (C=O) groups is 1. The number of benzene rings is 2. The molecule has 25 heavy (non-hydrogen) atoms. The van der Waals surface area contributed by atoms with Crippen LogP contribution in [0, 0.1) is 17.6 Å². The number of rotatable bonds is 4. The molecule has 0 unspecified atom stereocenters. The second kappa shape index (κ2) is 7.19. The van der Waals surface area contributed by atoms with E-state index in [0.717, 1.165) is 25.6 Å². The molecule has 1 aliphatic heterocycles. The molecular weight excluding hydrogens is 326 g/mol. The molecule has 0 radical (unpaired) electrons. The third-order valence-corrected chi connectivity index (χ3v) is 4.53. The number of para-hydroxylation sites is 1. The molecule has 1 amide bonds. The van der Waals surface area contributed by atoms with Crippen molar-refractivity contribution in [3.05, 3.63) is 54.1 Å². The monoisotopic (exact) mass is 346 g/mol. The standard InChI is InChI=1S/C19H20F2N2O2/c1-22-7-6-13(11-22)12-23(19(24)25)18-5-3-2-4-17(18)14-8-15(20)10-16(21)9-14/h2-5,8-10,13H,6-7,11-12H2,1H3,(H,24,25)/t13-/m1/s1. The summed E-state index contributed by atoms with van der Waals surface area (Å²) in [6.07, 6.45) is -0.143. The Labute approximate surface area is 145 Å². The van der Waals surface area contributed by atoms with Crippen LogP contribution in [0.25, 0.3) is 11.1 Å². The van der Waals surface area contributed by atoms with Gasteiger partial charge in [0.05, 0.1) is 5.69 Å². The zero-order valence-electron chi connectivity index (χ0n) is 14.0. The van der Waals surface area contributed by atoms with Gasteiger partial charge < -0.3 is 10.0 Å². The van der Waals surface area contributed by atoms with E-state index in [1.165, 1.54) is 17.0 Å². The average molecular weight is 346 g/mol. The number of halogens is 2. The Kier molecular flexibility index (Phi) is 4.99. The molecule has 1 atom stereocenters. The summed E-state index contributed by atoms with van der Waals surface area (Å²) in [5, 5.41) is 9.70. The zero-order chi connectivity index (χ0) is 18.0. The van der Waals surface area contributed by atoms with Crippen molar-refractivity contribution in [3.8, 4) is 11.1 Å². The van der Waals surface area contributed by atoms with Crippen molar-refractivity contribution in [2.75, 3.05) is 31.6 Å². The first kappa shape index (κ1) is 17.4. The Morgan fingerprint density at radius 2 is 1.92 bits per heavy atom. The smallest absolute Gasteiger partial charge is 0.411 e. The van der Waals surface area contributed by atoms with Crippen LogP contribution in [0.15, 0.2) is 42.5 Å². The van der Waals surface area contributed by atoms with Crippen LogP contribution < -0.4 is 4.90 Å². The van der Waals surface area contributed by atoms with E-state index in [0.29, 0.717) is 23.4 Å². The van der Waals surface area contributed by atoms with E-state index in [-0.39, 0.29) is 5.92 Å². The van der Waals surface area contributed by atoms with Gasteiger partial charge in [-0.1, -0.05) is 18.2 Å². The molecule has 0 saturated carbocycles. The van der Waals surface area contributed by atoms with Crippen molar-refractivity contribution in [2.24, 2.45) is 5.92 Å². The Balaban J connectivity index is 1.98. The molecule has 1 saturated heterocycles. The van der Waals surface area contributed by atoms with Gasteiger partial charge >= 0.3 is 6.09 Å². The number of hydrogen-bond acceptors (Lipinski definition) is 2. The summed E-state index contributed by atoms with van der Waals surface area (Å²) in [4.78, 5) is 15.3. The predicted octanol–water partition coefficient (Wildman–Crippen LogP) is 4.07. The summed E-state index contributed by atoms with van der Waals surface area (Å²) in [5.74, 6) is -1.15. The molecule has 3 rings (SSSR count). The fourth-order valence-electron chi connectivity index (χ4n) is 3.38. The lowest BCUT2D eigenvalue weighted by molar-refractivity contribution is 0.200. The fraction of sp³-hybridized carbons (Fsp3) is 0.316. The van der Waals surface area contributed by atoms with E-state index in [4.69, 9.17) is 0 Å². The molecule has 6 heteroatoms. The molecule has 4 nitrogen and oxygen atoms in total. The zero-order valence-corrected chi connectivity index (χ0v) is 14.0. The van der Waals surface area contributed by atoms with Gasteiger partial charge in [-0.2, -0.15) is 0 Å². The van der Waals surface area contributed by atoms with Gasteiger partial charge in [0.25, 0.3) is 0 Å². The number of likely N-dealkylation sites (tertiary alicyclic amines) is 1. The summed E-state index contributed by atoms with van der Waals surface area (Å²) >= 11 is 0. The first-order chi connectivity index (χ1) is 11.9.